The predicted molar refractivity (Wildman–Crippen MR) is 50.8 cm³/mol. The Kier molecular flexibility index (Phi) is 2.86. The molecule has 1 aliphatic carbocycles. The monoisotopic (exact) mass is 214 g/mol. The van der Waals surface area contributed by atoms with Crippen LogP contribution in [0.5, 0.6) is 5.75 Å². The van der Waals surface area contributed by atoms with Gasteiger partial charge < -0.3 is 9.84 Å². The molecule has 4 heteroatoms. The lowest BCUT2D eigenvalue weighted by Gasteiger charge is -2.10. The van der Waals surface area contributed by atoms with Gasteiger partial charge in [-0.15, -0.1) is 0 Å². The molecule has 1 atom stereocenters. The molecule has 0 spiro atoms. The van der Waals surface area contributed by atoms with E-state index >= 15 is 0 Å². The average Bonchev–Trinajstić information content (AvgIpc) is 3.00. The Hall–Kier alpha value is -1.16. The minimum absolute atomic E-state index is 0.122. The molecule has 0 amide bonds. The van der Waals surface area contributed by atoms with Crippen LogP contribution in [0.3, 0.4) is 0 Å². The highest BCUT2D eigenvalue weighted by Gasteiger charge is 2.30. The molecule has 1 aromatic carbocycles. The fourth-order valence-corrected chi connectivity index (χ4v) is 1.53. The Morgan fingerprint density at radius 2 is 1.80 bits per heavy atom. The summed E-state index contributed by atoms with van der Waals surface area (Å²) < 4.78 is 27.9. The van der Waals surface area contributed by atoms with Gasteiger partial charge in [0.05, 0.1) is 6.10 Å². The van der Waals surface area contributed by atoms with Gasteiger partial charge >= 0.3 is 6.61 Å². The zero-order valence-electron chi connectivity index (χ0n) is 8.07. The number of rotatable bonds is 4. The van der Waals surface area contributed by atoms with Crippen LogP contribution in [0, 0.1) is 5.92 Å². The fourth-order valence-electron chi connectivity index (χ4n) is 1.53. The number of hydrogen-bond donors (Lipinski definition) is 1. The summed E-state index contributed by atoms with van der Waals surface area (Å²) in [6, 6.07) is 6.15. The highest BCUT2D eigenvalue weighted by Crippen LogP contribution is 2.41. The summed E-state index contributed by atoms with van der Waals surface area (Å²) in [5.41, 5.74) is 0.763. The second-order valence-corrected chi connectivity index (χ2v) is 3.73. The summed E-state index contributed by atoms with van der Waals surface area (Å²) in [5, 5.41) is 9.74. The molecule has 15 heavy (non-hydrogen) atoms. The minimum atomic E-state index is -2.80. The molecule has 1 N–H and O–H groups in total. The number of ether oxygens (including phenoxy) is 1. The predicted octanol–water partition coefficient (Wildman–Crippen LogP) is 2.73. The van der Waals surface area contributed by atoms with E-state index in [1.165, 1.54) is 12.1 Å². The molecule has 0 saturated heterocycles. The fraction of sp³-hybridized carbons (Fsp3) is 0.455. The van der Waals surface area contributed by atoms with Gasteiger partial charge in [0.25, 0.3) is 0 Å². The molecule has 1 unspecified atom stereocenters. The van der Waals surface area contributed by atoms with Gasteiger partial charge in [-0.3, -0.25) is 0 Å². The minimum Gasteiger partial charge on any atom is -0.435 e. The molecule has 1 fully saturated rings. The zero-order chi connectivity index (χ0) is 10.8. The topological polar surface area (TPSA) is 29.5 Å². The zero-order valence-corrected chi connectivity index (χ0v) is 8.07. The Morgan fingerprint density at radius 1 is 1.20 bits per heavy atom. The van der Waals surface area contributed by atoms with Crippen LogP contribution < -0.4 is 4.74 Å². The Balaban J connectivity index is 2.02. The third-order valence-corrected chi connectivity index (χ3v) is 2.52. The second-order valence-electron chi connectivity index (χ2n) is 3.73. The van der Waals surface area contributed by atoms with Gasteiger partial charge in [-0.1, -0.05) is 12.1 Å². The number of aliphatic hydroxyl groups is 1. The van der Waals surface area contributed by atoms with E-state index in [1.54, 1.807) is 12.1 Å². The van der Waals surface area contributed by atoms with E-state index in [0.29, 0.717) is 5.92 Å². The van der Waals surface area contributed by atoms with E-state index < -0.39 is 12.7 Å². The second kappa shape index (κ2) is 4.14. The van der Waals surface area contributed by atoms with Gasteiger partial charge in [-0.05, 0) is 36.5 Å². The Morgan fingerprint density at radius 3 is 2.27 bits per heavy atom. The maximum absolute atomic E-state index is 11.8. The Labute approximate surface area is 86.5 Å². The van der Waals surface area contributed by atoms with Crippen LogP contribution in [0.1, 0.15) is 24.5 Å². The van der Waals surface area contributed by atoms with Crippen molar-refractivity contribution in [2.45, 2.75) is 25.6 Å². The molecule has 0 bridgehead atoms. The van der Waals surface area contributed by atoms with E-state index in [-0.39, 0.29) is 5.75 Å². The number of aliphatic hydroxyl groups excluding tert-OH is 1. The lowest BCUT2D eigenvalue weighted by atomic mass is 10.1. The third-order valence-electron chi connectivity index (χ3n) is 2.52. The van der Waals surface area contributed by atoms with E-state index in [0.717, 1.165) is 18.4 Å². The van der Waals surface area contributed by atoms with Crippen molar-refractivity contribution in [1.82, 2.24) is 0 Å². The van der Waals surface area contributed by atoms with Gasteiger partial charge in [0, 0.05) is 0 Å². The first-order valence-electron chi connectivity index (χ1n) is 4.89. The number of hydrogen-bond acceptors (Lipinski definition) is 2. The maximum Gasteiger partial charge on any atom is 0.387 e. The van der Waals surface area contributed by atoms with Crippen molar-refractivity contribution in [3.05, 3.63) is 29.8 Å². The summed E-state index contributed by atoms with van der Waals surface area (Å²) in [6.07, 6.45) is 1.61. The Bertz CT molecular complexity index is 320. The lowest BCUT2D eigenvalue weighted by molar-refractivity contribution is -0.0498. The van der Waals surface area contributed by atoms with Crippen molar-refractivity contribution in [3.8, 4) is 5.75 Å². The van der Waals surface area contributed by atoms with Crippen LogP contribution in [0.2, 0.25) is 0 Å². The van der Waals surface area contributed by atoms with Gasteiger partial charge in [0.1, 0.15) is 5.75 Å². The molecule has 82 valence electrons. The van der Waals surface area contributed by atoms with Gasteiger partial charge in [0.2, 0.25) is 0 Å². The summed E-state index contributed by atoms with van der Waals surface area (Å²) >= 11 is 0. The van der Waals surface area contributed by atoms with Crippen molar-refractivity contribution >= 4 is 0 Å². The molecule has 0 aromatic heterocycles. The van der Waals surface area contributed by atoms with Crippen molar-refractivity contribution in [3.63, 3.8) is 0 Å². The largest absolute Gasteiger partial charge is 0.435 e. The van der Waals surface area contributed by atoms with Crippen LogP contribution in [-0.2, 0) is 0 Å². The van der Waals surface area contributed by atoms with Crippen LogP contribution >= 0.6 is 0 Å². The maximum atomic E-state index is 11.8. The average molecular weight is 214 g/mol. The van der Waals surface area contributed by atoms with Gasteiger partial charge in [0.15, 0.2) is 0 Å². The standard InChI is InChI=1S/C11H12F2O2/c12-11(13)15-9-5-3-8(4-6-9)10(14)7-1-2-7/h3-7,10-11,14H,1-2H2. The molecule has 1 aliphatic rings. The first-order chi connectivity index (χ1) is 7.16. The first kappa shape index (κ1) is 10.4. The van der Waals surface area contributed by atoms with Crippen molar-refractivity contribution in [2.75, 3.05) is 0 Å². The van der Waals surface area contributed by atoms with Crippen LogP contribution in [-0.4, -0.2) is 11.7 Å². The van der Waals surface area contributed by atoms with Crippen LogP contribution in [0.15, 0.2) is 24.3 Å². The van der Waals surface area contributed by atoms with E-state index in [1.807, 2.05) is 0 Å². The van der Waals surface area contributed by atoms with Crippen molar-refractivity contribution < 1.29 is 18.6 Å². The van der Waals surface area contributed by atoms with E-state index in [2.05, 4.69) is 4.74 Å². The summed E-state index contributed by atoms with van der Waals surface area (Å²) in [5.74, 6) is 0.462. The third kappa shape index (κ3) is 2.65. The molecular formula is C11H12F2O2. The van der Waals surface area contributed by atoms with E-state index in [9.17, 15) is 13.9 Å². The van der Waals surface area contributed by atoms with Crippen LogP contribution in [0.4, 0.5) is 8.78 Å². The number of halogens is 2. The van der Waals surface area contributed by atoms with Crippen LogP contribution in [0.25, 0.3) is 0 Å². The molecular weight excluding hydrogens is 202 g/mol. The summed E-state index contributed by atoms with van der Waals surface area (Å²) in [6.45, 7) is -2.80. The molecule has 2 rings (SSSR count). The molecule has 0 aliphatic heterocycles. The summed E-state index contributed by atoms with van der Waals surface area (Å²) in [7, 11) is 0. The molecule has 0 heterocycles. The first-order valence-corrected chi connectivity index (χ1v) is 4.89. The van der Waals surface area contributed by atoms with Crippen molar-refractivity contribution in [1.29, 1.82) is 0 Å². The van der Waals surface area contributed by atoms with E-state index in [4.69, 9.17) is 0 Å². The van der Waals surface area contributed by atoms with Gasteiger partial charge in [-0.25, -0.2) is 0 Å². The van der Waals surface area contributed by atoms with Gasteiger partial charge in [-0.2, -0.15) is 8.78 Å². The molecule has 1 aromatic rings. The molecule has 0 radical (unpaired) electrons. The number of benzene rings is 1. The smallest absolute Gasteiger partial charge is 0.387 e. The highest BCUT2D eigenvalue weighted by molar-refractivity contribution is 5.29. The highest BCUT2D eigenvalue weighted by atomic mass is 19.3. The SMILES string of the molecule is OC(c1ccc(OC(F)F)cc1)C1CC1. The molecule has 1 saturated carbocycles. The molecule has 2 nitrogen and oxygen atoms in total. The summed E-state index contributed by atoms with van der Waals surface area (Å²) in [4.78, 5) is 0. The number of alkyl halides is 2. The lowest BCUT2D eigenvalue weighted by Crippen LogP contribution is -2.03. The normalized spacial score (nSPS) is 17.9. The quantitative estimate of drug-likeness (QED) is 0.835. The van der Waals surface area contributed by atoms with Crippen molar-refractivity contribution in [2.24, 2.45) is 5.92 Å².